The summed E-state index contributed by atoms with van der Waals surface area (Å²) in [5.41, 5.74) is 0. The number of rotatable bonds is 0. The molecule has 0 aromatic heterocycles. The van der Waals surface area contributed by atoms with E-state index in [0.717, 1.165) is 0 Å². The van der Waals surface area contributed by atoms with Crippen LogP contribution in [0.5, 0.6) is 0 Å². The summed E-state index contributed by atoms with van der Waals surface area (Å²) in [5, 5.41) is 0. The third-order valence-corrected chi connectivity index (χ3v) is 0. The van der Waals surface area contributed by atoms with Crippen molar-refractivity contribution < 1.29 is 45.4 Å². The first kappa shape index (κ1) is 11.2. The molecule has 0 heterocycles. The Kier molecular flexibility index (Phi) is 19.4. The molecule has 0 saturated heterocycles. The summed E-state index contributed by atoms with van der Waals surface area (Å²) < 4.78 is 7.81. The fourth-order valence-electron chi connectivity index (χ4n) is 0. The van der Waals surface area contributed by atoms with Crippen molar-refractivity contribution in [1.29, 1.82) is 0 Å². The number of halogens is 3. The van der Waals surface area contributed by atoms with E-state index in [9.17, 15) is 0 Å². The van der Waals surface area contributed by atoms with Gasteiger partial charge in [-0.25, -0.2) is 0 Å². The second-order valence-corrected chi connectivity index (χ2v) is 16.2. The molecule has 0 aromatic rings. The Morgan fingerprint density at radius 1 is 1.17 bits per heavy atom. The average molecular weight is 325 g/mol. The Morgan fingerprint density at radius 2 is 1.17 bits per heavy atom. The molecule has 6 heteroatoms. The van der Waals surface area contributed by atoms with Crippen LogP contribution in [-0.2, 0) is 19.8 Å². The zero-order chi connectivity index (χ0) is 5.58. The van der Waals surface area contributed by atoms with Gasteiger partial charge in [-0.05, 0) is 0 Å². The second kappa shape index (κ2) is 10.4. The predicted molar refractivity (Wildman–Crippen MR) is 18.2 cm³/mol. The average Bonchev–Trinajstić information content (AvgIpc) is 1.41. The molecule has 0 aliphatic carbocycles. The van der Waals surface area contributed by atoms with E-state index < -0.39 is 25.7 Å². The van der Waals surface area contributed by atoms with Gasteiger partial charge in [0.05, 0.1) is 0 Å². The minimum atomic E-state index is -2.31. The van der Waals surface area contributed by atoms with Gasteiger partial charge in [0, 0.05) is 0 Å². The van der Waals surface area contributed by atoms with Gasteiger partial charge in [0.15, 0.2) is 0 Å². The molecular weight excluding hydrogens is 325 g/mol. The summed E-state index contributed by atoms with van der Waals surface area (Å²) in [4.78, 5) is 0. The fourth-order valence-corrected chi connectivity index (χ4v) is 0. The Labute approximate surface area is 64.5 Å². The number of hydrogen-bond acceptors (Lipinski definition) is 1. The first-order valence-corrected chi connectivity index (χ1v) is 14.8. The quantitative estimate of drug-likeness (QED) is 0.623. The van der Waals surface area contributed by atoms with Gasteiger partial charge in [0.1, 0.15) is 0 Å². The van der Waals surface area contributed by atoms with Gasteiger partial charge in [-0.2, -0.15) is 0 Å². The molecule has 41 valence electrons. The third kappa shape index (κ3) is 32.6. The van der Waals surface area contributed by atoms with Crippen molar-refractivity contribution >= 4 is 20.4 Å². The molecule has 0 atom stereocenters. The first-order chi connectivity index (χ1) is 2.73. The Bertz CT molecular complexity index is 22.0. The van der Waals surface area contributed by atoms with Crippen molar-refractivity contribution in [1.82, 2.24) is 0 Å². The molecule has 0 bridgehead atoms. The molecule has 1 nitrogen and oxygen atoms in total. The fraction of sp³-hybridized carbons (Fsp3) is 0. The molecule has 0 N–H and O–H groups in total. The summed E-state index contributed by atoms with van der Waals surface area (Å²) in [6, 6.07) is 0. The maximum atomic E-state index is 7.81. The summed E-state index contributed by atoms with van der Waals surface area (Å²) >= 11 is 0.632. The zero-order valence-electron chi connectivity index (χ0n) is 2.42. The van der Waals surface area contributed by atoms with Gasteiger partial charge in [0.25, 0.3) is 0 Å². The van der Waals surface area contributed by atoms with Gasteiger partial charge >= 0.3 is 65.8 Å². The van der Waals surface area contributed by atoms with Crippen molar-refractivity contribution in [3.05, 3.63) is 0 Å². The Hall–Kier alpha value is 2.38. The van der Waals surface area contributed by atoms with Gasteiger partial charge < -0.3 is 0 Å². The van der Waals surface area contributed by atoms with Crippen LogP contribution in [0.25, 0.3) is 0 Å². The topological polar surface area (TPSA) is 17.1 Å². The van der Waals surface area contributed by atoms with E-state index in [4.69, 9.17) is 24.2 Å². The van der Waals surface area contributed by atoms with Crippen LogP contribution in [0.15, 0.2) is 0 Å². The first-order valence-electron chi connectivity index (χ1n) is 0.778. The predicted octanol–water partition coefficient (Wildman–Crippen LogP) is 1.95. The molecule has 0 aliphatic rings. The van der Waals surface area contributed by atoms with Crippen LogP contribution in [0.2, 0.25) is 0 Å². The molecule has 0 amide bonds. The molecule has 0 rings (SSSR count). The molecule has 0 aromatic carbocycles. The molecule has 0 saturated carbocycles. The van der Waals surface area contributed by atoms with Gasteiger partial charge in [-0.15, -0.1) is 0 Å². The van der Waals surface area contributed by atoms with Crippen LogP contribution in [0, 0.1) is 25.7 Å². The maximum absolute atomic E-state index is 7.81. The summed E-state index contributed by atoms with van der Waals surface area (Å²) in [7, 11) is 0. The standard InChI is InChI=1S/3ClH.Cu.La.O/h3*1H;;;/q;;;;+3;/p-3. The second-order valence-electron chi connectivity index (χ2n) is 0.247. The van der Waals surface area contributed by atoms with E-state index in [-0.39, 0.29) is 0 Å². The van der Waals surface area contributed by atoms with Crippen molar-refractivity contribution in [3.63, 3.8) is 0 Å². The van der Waals surface area contributed by atoms with E-state index in [1.54, 1.807) is 0 Å². The molecule has 0 aliphatic heterocycles. The van der Waals surface area contributed by atoms with Crippen LogP contribution in [0.3, 0.4) is 0 Å². The SMILES string of the molecule is [Cl][La]([Cl])[Cl].[O]=[Cu]. The summed E-state index contributed by atoms with van der Waals surface area (Å²) in [5.74, 6) is 0. The monoisotopic (exact) mass is 323 g/mol. The molecular formula is Cl3CuLaO. The van der Waals surface area contributed by atoms with Crippen molar-refractivity contribution in [3.8, 4) is 0 Å². The summed E-state index contributed by atoms with van der Waals surface area (Å²) in [6.07, 6.45) is 0. The molecule has 0 radical (unpaired) electrons. The summed E-state index contributed by atoms with van der Waals surface area (Å²) in [6.45, 7) is 15.1. The van der Waals surface area contributed by atoms with Crippen molar-refractivity contribution in [2.24, 2.45) is 0 Å². The minimum absolute atomic E-state index is 2.31. The van der Waals surface area contributed by atoms with E-state index in [1.165, 1.54) is 0 Å². The van der Waals surface area contributed by atoms with Crippen LogP contribution in [0.1, 0.15) is 0 Å². The van der Waals surface area contributed by atoms with E-state index in [0.29, 0.717) is 0 Å². The molecule has 6 heavy (non-hydrogen) atoms. The van der Waals surface area contributed by atoms with E-state index >= 15 is 0 Å². The number of hydrogen-bond donors (Lipinski definition) is 0. The van der Waals surface area contributed by atoms with Crippen molar-refractivity contribution in [2.45, 2.75) is 0 Å². The zero-order valence-corrected chi connectivity index (χ0v) is 9.26. The van der Waals surface area contributed by atoms with Gasteiger partial charge in [0.2, 0.25) is 0 Å². The third-order valence-electron chi connectivity index (χ3n) is 0. The Balaban J connectivity index is 0. The normalized spacial score (nSPS) is 5.50. The van der Waals surface area contributed by atoms with Crippen LogP contribution < -0.4 is 0 Å². The van der Waals surface area contributed by atoms with Crippen LogP contribution in [0.4, 0.5) is 0 Å². The van der Waals surface area contributed by atoms with Crippen molar-refractivity contribution in [2.75, 3.05) is 0 Å². The van der Waals surface area contributed by atoms with E-state index in [1.807, 2.05) is 0 Å². The van der Waals surface area contributed by atoms with E-state index in [2.05, 4.69) is 15.9 Å². The Morgan fingerprint density at radius 3 is 1.17 bits per heavy atom. The molecule has 0 spiro atoms. The molecule has 0 unspecified atom stereocenters. The van der Waals surface area contributed by atoms with Crippen LogP contribution in [-0.4, -0.2) is 0 Å². The molecule has 0 fully saturated rings. The van der Waals surface area contributed by atoms with Gasteiger partial charge in [-0.1, -0.05) is 0 Å². The van der Waals surface area contributed by atoms with Gasteiger partial charge in [-0.3, -0.25) is 0 Å². The van der Waals surface area contributed by atoms with Crippen LogP contribution >= 0.6 is 20.4 Å².